The molecule has 1 aliphatic heterocycles. The van der Waals surface area contributed by atoms with Crippen LogP contribution in [0.5, 0.6) is 11.5 Å². The second kappa shape index (κ2) is 10.9. The van der Waals surface area contributed by atoms with Crippen molar-refractivity contribution in [2.45, 2.75) is 27.4 Å². The fraction of sp³-hybridized carbons (Fsp3) is 0.185. The number of nitro benzene ring substituents is 1. The van der Waals surface area contributed by atoms with Crippen LogP contribution in [0.15, 0.2) is 65.6 Å². The Morgan fingerprint density at radius 2 is 1.83 bits per heavy atom. The molecule has 0 spiro atoms. The molecule has 0 radical (unpaired) electrons. The molecule has 3 aromatic carbocycles. The van der Waals surface area contributed by atoms with Crippen molar-refractivity contribution >= 4 is 51.7 Å². The molecule has 0 atom stereocenters. The Balaban J connectivity index is 1.55. The number of carbonyl (C=O) groups is 1. The van der Waals surface area contributed by atoms with E-state index in [2.05, 4.69) is 0 Å². The Bertz CT molecular complexity index is 1390. The average molecular weight is 521 g/mol. The molecule has 0 bridgehead atoms. The summed E-state index contributed by atoms with van der Waals surface area (Å²) in [6, 6.07) is 17.5. The Kier molecular flexibility index (Phi) is 7.71. The fourth-order valence-electron chi connectivity index (χ4n) is 3.63. The van der Waals surface area contributed by atoms with Crippen LogP contribution >= 0.6 is 24.0 Å². The van der Waals surface area contributed by atoms with Gasteiger partial charge in [0.15, 0.2) is 15.8 Å². The summed E-state index contributed by atoms with van der Waals surface area (Å²) >= 11 is 6.76. The first kappa shape index (κ1) is 25.4. The molecule has 1 fully saturated rings. The van der Waals surface area contributed by atoms with E-state index >= 15 is 0 Å². The number of aryl methyl sites for hydroxylation is 2. The maximum atomic E-state index is 13.2. The molecule has 0 unspecified atom stereocenters. The maximum Gasteiger partial charge on any atom is 0.270 e. The summed E-state index contributed by atoms with van der Waals surface area (Å²) in [6.07, 6.45) is 1.78. The summed E-state index contributed by atoms with van der Waals surface area (Å²) in [5.74, 6) is 0.849. The van der Waals surface area contributed by atoms with Crippen LogP contribution in [-0.4, -0.2) is 21.8 Å². The van der Waals surface area contributed by atoms with E-state index in [1.54, 1.807) is 35.2 Å². The minimum absolute atomic E-state index is 0.00888. The van der Waals surface area contributed by atoms with Crippen LogP contribution in [0.1, 0.15) is 29.2 Å². The van der Waals surface area contributed by atoms with E-state index in [9.17, 15) is 14.9 Å². The van der Waals surface area contributed by atoms with Gasteiger partial charge in [0, 0.05) is 12.1 Å². The molecule has 3 aromatic rings. The van der Waals surface area contributed by atoms with Gasteiger partial charge in [0.05, 0.1) is 22.1 Å². The molecular weight excluding hydrogens is 496 g/mol. The molecule has 184 valence electrons. The molecule has 7 nitrogen and oxygen atoms in total. The van der Waals surface area contributed by atoms with Crippen molar-refractivity contribution in [1.29, 1.82) is 0 Å². The first-order valence-corrected chi connectivity index (χ1v) is 12.5. The van der Waals surface area contributed by atoms with Gasteiger partial charge < -0.3 is 9.47 Å². The molecular formula is C27H24N2O5S2. The number of benzene rings is 3. The van der Waals surface area contributed by atoms with Crippen molar-refractivity contribution < 1.29 is 19.2 Å². The van der Waals surface area contributed by atoms with Crippen molar-refractivity contribution in [2.75, 3.05) is 11.5 Å². The standard InChI is InChI=1S/C27H24N2O5S2/c1-4-33-24-14-19(9-11-23(24)34-16-20-6-5-7-22(13-20)29(31)32)15-25-26(30)28(27(35)36-25)21-10-8-17(2)18(3)12-21/h5-15H,4,16H2,1-3H3/b25-15+. The molecule has 1 amide bonds. The van der Waals surface area contributed by atoms with E-state index in [1.165, 1.54) is 23.9 Å². The quantitative estimate of drug-likeness (QED) is 0.143. The van der Waals surface area contributed by atoms with E-state index in [4.69, 9.17) is 21.7 Å². The Morgan fingerprint density at radius 3 is 2.56 bits per heavy atom. The predicted molar refractivity (Wildman–Crippen MR) is 147 cm³/mol. The average Bonchev–Trinajstić information content (AvgIpc) is 3.13. The van der Waals surface area contributed by atoms with Crippen LogP contribution in [-0.2, 0) is 11.4 Å². The summed E-state index contributed by atoms with van der Waals surface area (Å²) < 4.78 is 12.1. The molecule has 1 heterocycles. The number of anilines is 1. The van der Waals surface area contributed by atoms with Gasteiger partial charge in [-0.2, -0.15) is 0 Å². The number of amides is 1. The van der Waals surface area contributed by atoms with Gasteiger partial charge >= 0.3 is 0 Å². The molecule has 9 heteroatoms. The lowest BCUT2D eigenvalue weighted by Crippen LogP contribution is -2.27. The SMILES string of the molecule is CCOc1cc(/C=C2/SC(=S)N(c3ccc(C)c(C)c3)C2=O)ccc1OCc1cccc([N+](=O)[O-])c1. The zero-order valence-corrected chi connectivity index (χ0v) is 21.7. The van der Waals surface area contributed by atoms with E-state index in [-0.39, 0.29) is 18.2 Å². The highest BCUT2D eigenvalue weighted by Gasteiger charge is 2.33. The number of ether oxygens (including phenoxy) is 2. The third-order valence-corrected chi connectivity index (χ3v) is 6.93. The molecule has 0 aromatic heterocycles. The number of thiocarbonyl (C=S) groups is 1. The smallest absolute Gasteiger partial charge is 0.270 e. The third-order valence-electron chi connectivity index (χ3n) is 5.62. The van der Waals surface area contributed by atoms with E-state index < -0.39 is 4.92 Å². The Hall–Kier alpha value is -3.69. The van der Waals surface area contributed by atoms with Gasteiger partial charge in [0.2, 0.25) is 0 Å². The van der Waals surface area contributed by atoms with E-state index in [1.807, 2.05) is 45.0 Å². The van der Waals surface area contributed by atoms with E-state index in [0.29, 0.717) is 32.9 Å². The van der Waals surface area contributed by atoms with E-state index in [0.717, 1.165) is 22.4 Å². The first-order valence-electron chi connectivity index (χ1n) is 11.2. The highest BCUT2D eigenvalue weighted by atomic mass is 32.2. The zero-order chi connectivity index (χ0) is 25.8. The van der Waals surface area contributed by atoms with Crippen LogP contribution in [0.25, 0.3) is 6.08 Å². The number of hydrogen-bond acceptors (Lipinski definition) is 7. The van der Waals surface area contributed by atoms with Crippen molar-refractivity contribution in [1.82, 2.24) is 0 Å². The second-order valence-corrected chi connectivity index (χ2v) is 9.82. The van der Waals surface area contributed by atoms with Gasteiger partial charge in [0.25, 0.3) is 11.6 Å². The second-order valence-electron chi connectivity index (χ2n) is 8.14. The van der Waals surface area contributed by atoms with Gasteiger partial charge in [-0.05, 0) is 73.4 Å². The summed E-state index contributed by atoms with van der Waals surface area (Å²) in [7, 11) is 0. The van der Waals surface area contributed by atoms with Crippen molar-refractivity contribution in [3.8, 4) is 11.5 Å². The number of rotatable bonds is 8. The molecule has 4 rings (SSSR count). The normalized spacial score (nSPS) is 14.4. The Labute approximate surface area is 218 Å². The fourth-order valence-corrected chi connectivity index (χ4v) is 4.93. The predicted octanol–water partition coefficient (Wildman–Crippen LogP) is 6.60. The van der Waals surface area contributed by atoms with Crippen molar-refractivity contribution in [2.24, 2.45) is 0 Å². The van der Waals surface area contributed by atoms with Gasteiger partial charge in [0.1, 0.15) is 6.61 Å². The van der Waals surface area contributed by atoms with Gasteiger partial charge in [-0.3, -0.25) is 19.8 Å². The van der Waals surface area contributed by atoms with Crippen LogP contribution < -0.4 is 14.4 Å². The zero-order valence-electron chi connectivity index (χ0n) is 20.0. The third kappa shape index (κ3) is 5.58. The van der Waals surface area contributed by atoms with Crippen LogP contribution in [0.2, 0.25) is 0 Å². The molecule has 0 N–H and O–H groups in total. The lowest BCUT2D eigenvalue weighted by molar-refractivity contribution is -0.384. The number of nitrogens with zero attached hydrogens (tertiary/aromatic N) is 2. The summed E-state index contributed by atoms with van der Waals surface area (Å²) in [4.78, 5) is 25.8. The largest absolute Gasteiger partial charge is 0.490 e. The van der Waals surface area contributed by atoms with Crippen molar-refractivity contribution in [3.63, 3.8) is 0 Å². The van der Waals surface area contributed by atoms with Gasteiger partial charge in [-0.1, -0.05) is 48.2 Å². The molecule has 0 aliphatic carbocycles. The summed E-state index contributed by atoms with van der Waals surface area (Å²) in [5.41, 5.74) is 4.44. The van der Waals surface area contributed by atoms with Crippen LogP contribution in [0, 0.1) is 24.0 Å². The number of carbonyl (C=O) groups excluding carboxylic acids is 1. The van der Waals surface area contributed by atoms with Crippen LogP contribution in [0.4, 0.5) is 11.4 Å². The van der Waals surface area contributed by atoms with Gasteiger partial charge in [-0.25, -0.2) is 0 Å². The number of thioether (sulfide) groups is 1. The Morgan fingerprint density at radius 1 is 1.03 bits per heavy atom. The molecule has 1 aliphatic rings. The topological polar surface area (TPSA) is 81.9 Å². The number of hydrogen-bond donors (Lipinski definition) is 0. The van der Waals surface area contributed by atoms with Crippen LogP contribution in [0.3, 0.4) is 0 Å². The maximum absolute atomic E-state index is 13.2. The summed E-state index contributed by atoms with van der Waals surface area (Å²) in [5, 5.41) is 11.0. The minimum atomic E-state index is -0.438. The monoisotopic (exact) mass is 520 g/mol. The molecule has 1 saturated heterocycles. The lowest BCUT2D eigenvalue weighted by Gasteiger charge is -2.16. The van der Waals surface area contributed by atoms with Gasteiger partial charge in [-0.15, -0.1) is 0 Å². The molecule has 36 heavy (non-hydrogen) atoms. The minimum Gasteiger partial charge on any atom is -0.490 e. The molecule has 0 saturated carbocycles. The lowest BCUT2D eigenvalue weighted by atomic mass is 10.1. The number of nitro groups is 1. The van der Waals surface area contributed by atoms with Crippen molar-refractivity contribution in [3.05, 3.63) is 97.9 Å². The highest BCUT2D eigenvalue weighted by Crippen LogP contribution is 2.38. The summed E-state index contributed by atoms with van der Waals surface area (Å²) in [6.45, 7) is 6.47. The highest BCUT2D eigenvalue weighted by molar-refractivity contribution is 8.27. The number of non-ortho nitro benzene ring substituents is 1. The first-order chi connectivity index (χ1) is 17.3.